The van der Waals surface area contributed by atoms with Crippen LogP contribution in [0, 0.1) is 10.1 Å². The molecule has 0 aromatic heterocycles. The third kappa shape index (κ3) is 8.14. The molecule has 5 nitrogen and oxygen atoms in total. The van der Waals surface area contributed by atoms with E-state index < -0.39 is 10.9 Å². The van der Waals surface area contributed by atoms with Crippen molar-refractivity contribution in [3.05, 3.63) is 52.1 Å². The average Bonchev–Trinajstić information content (AvgIpc) is 2.56. The van der Waals surface area contributed by atoms with Crippen LogP contribution in [-0.4, -0.2) is 17.5 Å². The molecule has 0 bridgehead atoms. The lowest BCUT2D eigenvalue weighted by Gasteiger charge is -2.01. The van der Waals surface area contributed by atoms with Gasteiger partial charge in [-0.05, 0) is 25.0 Å². The van der Waals surface area contributed by atoms with Crippen LogP contribution in [0.4, 0.5) is 5.69 Å². The Morgan fingerprint density at radius 3 is 2.39 bits per heavy atom. The van der Waals surface area contributed by atoms with Gasteiger partial charge in [0, 0.05) is 12.1 Å². The number of allylic oxidation sites excluding steroid dienone is 1. The third-order valence-corrected chi connectivity index (χ3v) is 3.52. The molecule has 0 saturated carbocycles. The normalized spacial score (nSPS) is 10.8. The number of benzene rings is 1. The van der Waals surface area contributed by atoms with Crippen LogP contribution in [0.15, 0.2) is 36.4 Å². The third-order valence-electron chi connectivity index (χ3n) is 3.52. The van der Waals surface area contributed by atoms with Crippen molar-refractivity contribution in [1.82, 2.24) is 0 Å². The molecule has 0 heterocycles. The highest BCUT2D eigenvalue weighted by atomic mass is 16.6. The van der Waals surface area contributed by atoms with Crippen molar-refractivity contribution in [3.63, 3.8) is 0 Å². The van der Waals surface area contributed by atoms with E-state index in [1.54, 1.807) is 0 Å². The molecule has 0 unspecified atom stereocenters. The summed E-state index contributed by atoms with van der Waals surface area (Å²) in [6.45, 7) is 2.44. The van der Waals surface area contributed by atoms with Crippen LogP contribution in [0.25, 0.3) is 0 Å². The predicted octanol–water partition coefficient (Wildman–Crippen LogP) is 5.06. The summed E-state index contributed by atoms with van der Waals surface area (Å²) in [7, 11) is 0. The SMILES string of the molecule is CCCCCCCC/C=C/COC(=O)c1ccc([N+](=O)[O-])cc1. The summed E-state index contributed by atoms with van der Waals surface area (Å²) in [6.07, 6.45) is 12.5. The van der Waals surface area contributed by atoms with Crippen molar-refractivity contribution in [1.29, 1.82) is 0 Å². The standard InChI is InChI=1S/C18H25NO4/c1-2-3-4-5-6-7-8-9-10-15-23-18(20)16-11-13-17(14-12-16)19(21)22/h9-14H,2-8,15H2,1H3/b10-9+. The summed E-state index contributed by atoms with van der Waals surface area (Å²) < 4.78 is 5.09. The zero-order valence-electron chi connectivity index (χ0n) is 13.7. The van der Waals surface area contributed by atoms with E-state index in [1.165, 1.54) is 56.4 Å². The highest BCUT2D eigenvalue weighted by Crippen LogP contribution is 2.12. The fraction of sp³-hybridized carbons (Fsp3) is 0.500. The van der Waals surface area contributed by atoms with Crippen LogP contribution < -0.4 is 0 Å². The fourth-order valence-corrected chi connectivity index (χ4v) is 2.15. The van der Waals surface area contributed by atoms with Crippen molar-refractivity contribution in [2.75, 3.05) is 6.61 Å². The molecule has 0 spiro atoms. The minimum Gasteiger partial charge on any atom is -0.458 e. The largest absolute Gasteiger partial charge is 0.458 e. The Labute approximate surface area is 137 Å². The number of non-ortho nitro benzene ring substituents is 1. The molecule has 1 aromatic carbocycles. The molecule has 0 saturated heterocycles. The lowest BCUT2D eigenvalue weighted by atomic mass is 10.1. The maximum absolute atomic E-state index is 11.7. The molecule has 0 amide bonds. The Hall–Kier alpha value is -2.17. The maximum atomic E-state index is 11.7. The number of carbonyl (C=O) groups is 1. The van der Waals surface area contributed by atoms with E-state index in [0.29, 0.717) is 5.56 Å². The fourth-order valence-electron chi connectivity index (χ4n) is 2.15. The summed E-state index contributed by atoms with van der Waals surface area (Å²) in [5.41, 5.74) is 0.278. The Morgan fingerprint density at radius 2 is 1.74 bits per heavy atom. The number of rotatable bonds is 11. The summed E-state index contributed by atoms with van der Waals surface area (Å²) in [4.78, 5) is 21.8. The van der Waals surface area contributed by atoms with Gasteiger partial charge in [0.1, 0.15) is 6.61 Å². The Morgan fingerprint density at radius 1 is 1.09 bits per heavy atom. The van der Waals surface area contributed by atoms with Gasteiger partial charge in [0.25, 0.3) is 5.69 Å². The molecule has 5 heteroatoms. The van der Waals surface area contributed by atoms with Crippen LogP contribution in [0.2, 0.25) is 0 Å². The van der Waals surface area contributed by atoms with Crippen LogP contribution in [-0.2, 0) is 4.74 Å². The highest BCUT2D eigenvalue weighted by Gasteiger charge is 2.09. The second-order valence-electron chi connectivity index (χ2n) is 5.43. The number of nitrogens with zero attached hydrogens (tertiary/aromatic N) is 1. The molecule has 126 valence electrons. The van der Waals surface area contributed by atoms with Gasteiger partial charge < -0.3 is 4.74 Å². The van der Waals surface area contributed by atoms with Crippen molar-refractivity contribution in [2.24, 2.45) is 0 Å². The molecule has 0 atom stereocenters. The monoisotopic (exact) mass is 319 g/mol. The van der Waals surface area contributed by atoms with Crippen molar-refractivity contribution in [3.8, 4) is 0 Å². The average molecular weight is 319 g/mol. The van der Waals surface area contributed by atoms with Crippen LogP contribution in [0.3, 0.4) is 0 Å². The summed E-state index contributed by atoms with van der Waals surface area (Å²) in [6, 6.07) is 5.40. The smallest absolute Gasteiger partial charge is 0.338 e. The number of nitro benzene ring substituents is 1. The predicted molar refractivity (Wildman–Crippen MR) is 90.5 cm³/mol. The number of hydrogen-bond donors (Lipinski definition) is 0. The second-order valence-corrected chi connectivity index (χ2v) is 5.43. The first kappa shape index (κ1) is 18.9. The van der Waals surface area contributed by atoms with Gasteiger partial charge in [-0.15, -0.1) is 0 Å². The van der Waals surface area contributed by atoms with E-state index in [-0.39, 0.29) is 12.3 Å². The molecule has 0 radical (unpaired) electrons. The lowest BCUT2D eigenvalue weighted by molar-refractivity contribution is -0.384. The molecule has 0 aliphatic carbocycles. The van der Waals surface area contributed by atoms with Gasteiger partial charge in [-0.2, -0.15) is 0 Å². The number of nitro groups is 1. The Kier molecular flexibility index (Phi) is 9.36. The number of esters is 1. The van der Waals surface area contributed by atoms with Gasteiger partial charge in [0.15, 0.2) is 0 Å². The van der Waals surface area contributed by atoms with Crippen molar-refractivity contribution in [2.45, 2.75) is 51.9 Å². The van der Waals surface area contributed by atoms with Gasteiger partial charge in [0.05, 0.1) is 10.5 Å². The van der Waals surface area contributed by atoms with Gasteiger partial charge in [0.2, 0.25) is 0 Å². The van der Waals surface area contributed by atoms with Crippen LogP contribution in [0.1, 0.15) is 62.2 Å². The maximum Gasteiger partial charge on any atom is 0.338 e. The molecule has 23 heavy (non-hydrogen) atoms. The molecule has 1 aromatic rings. The summed E-state index contributed by atoms with van der Waals surface area (Å²) >= 11 is 0. The van der Waals surface area contributed by atoms with E-state index in [4.69, 9.17) is 4.74 Å². The molecule has 1 rings (SSSR count). The van der Waals surface area contributed by atoms with Crippen molar-refractivity contribution < 1.29 is 14.5 Å². The highest BCUT2D eigenvalue weighted by molar-refractivity contribution is 5.89. The molecule has 0 aliphatic heterocycles. The summed E-state index contributed by atoms with van der Waals surface area (Å²) in [5, 5.41) is 10.5. The zero-order chi connectivity index (χ0) is 16.9. The topological polar surface area (TPSA) is 69.4 Å². The number of unbranched alkanes of at least 4 members (excludes halogenated alkanes) is 6. The van der Waals surface area contributed by atoms with E-state index >= 15 is 0 Å². The van der Waals surface area contributed by atoms with Gasteiger partial charge in [-0.3, -0.25) is 10.1 Å². The first-order valence-electron chi connectivity index (χ1n) is 8.21. The van der Waals surface area contributed by atoms with E-state index in [0.717, 1.165) is 12.8 Å². The summed E-state index contributed by atoms with van der Waals surface area (Å²) in [5.74, 6) is -0.468. The minimum atomic E-state index is -0.500. The molecule has 0 aliphatic rings. The minimum absolute atomic E-state index is 0.0413. The van der Waals surface area contributed by atoms with Gasteiger partial charge >= 0.3 is 5.97 Å². The van der Waals surface area contributed by atoms with Gasteiger partial charge in [-0.1, -0.05) is 51.2 Å². The quantitative estimate of drug-likeness (QED) is 0.188. The van der Waals surface area contributed by atoms with E-state index in [1.807, 2.05) is 12.2 Å². The first-order valence-corrected chi connectivity index (χ1v) is 8.21. The van der Waals surface area contributed by atoms with Crippen LogP contribution in [0.5, 0.6) is 0 Å². The first-order chi connectivity index (χ1) is 11.1. The van der Waals surface area contributed by atoms with Crippen LogP contribution >= 0.6 is 0 Å². The molecular weight excluding hydrogens is 294 g/mol. The van der Waals surface area contributed by atoms with E-state index in [2.05, 4.69) is 6.92 Å². The second kappa shape index (κ2) is 11.4. The lowest BCUT2D eigenvalue weighted by Crippen LogP contribution is -2.05. The number of hydrogen-bond acceptors (Lipinski definition) is 4. The molecular formula is C18H25NO4. The number of ether oxygens (including phenoxy) is 1. The Bertz CT molecular complexity index is 508. The van der Waals surface area contributed by atoms with Crippen molar-refractivity contribution >= 4 is 11.7 Å². The zero-order valence-corrected chi connectivity index (χ0v) is 13.7. The van der Waals surface area contributed by atoms with E-state index in [9.17, 15) is 14.9 Å². The molecule has 0 fully saturated rings. The molecule has 0 N–H and O–H groups in total. The van der Waals surface area contributed by atoms with Gasteiger partial charge in [-0.25, -0.2) is 4.79 Å². The number of carbonyl (C=O) groups excluding carboxylic acids is 1. The Balaban J connectivity index is 2.16.